The molecular weight excluding hydrogens is 260 g/mol. The number of carbonyl (C=O) groups excluding carboxylic acids is 1. The van der Waals surface area contributed by atoms with Gasteiger partial charge in [-0.15, -0.1) is 0 Å². The van der Waals surface area contributed by atoms with Gasteiger partial charge >= 0.3 is 5.97 Å². The Morgan fingerprint density at radius 2 is 1.83 bits per heavy atom. The van der Waals surface area contributed by atoms with Crippen LogP contribution in [0.4, 0.5) is 0 Å². The van der Waals surface area contributed by atoms with Crippen LogP contribution in [0.5, 0.6) is 0 Å². The topological polar surface area (TPSA) is 78.9 Å². The van der Waals surface area contributed by atoms with Gasteiger partial charge in [0.1, 0.15) is 0 Å². The van der Waals surface area contributed by atoms with Gasteiger partial charge in [0.05, 0.1) is 19.0 Å². The molecule has 0 rings (SSSR count). The van der Waals surface area contributed by atoms with Crippen LogP contribution in [0.2, 0.25) is 0 Å². The van der Waals surface area contributed by atoms with Gasteiger partial charge in [0.2, 0.25) is 0 Å². The molecule has 0 bridgehead atoms. The molecule has 108 valence electrons. The Kier molecular flexibility index (Phi) is 6.80. The minimum Gasteiger partial charge on any atom is -0.299 e. The zero-order chi connectivity index (χ0) is 14.4. The molecule has 0 aromatic carbocycles. The molecule has 0 aliphatic heterocycles. The maximum atomic E-state index is 11.1. The van der Waals surface area contributed by atoms with Crippen molar-refractivity contribution < 1.29 is 27.2 Å². The molecule has 0 saturated carbocycles. The maximum Gasteiger partial charge on any atom is 0.339 e. The van der Waals surface area contributed by atoms with Crippen LogP contribution in [0.25, 0.3) is 0 Å². The van der Waals surface area contributed by atoms with Gasteiger partial charge in [-0.25, -0.2) is 4.79 Å². The molecule has 0 aromatic rings. The molecule has 0 heterocycles. The Labute approximate surface area is 109 Å². The first kappa shape index (κ1) is 17.3. The van der Waals surface area contributed by atoms with Crippen LogP contribution in [0, 0.1) is 5.41 Å². The van der Waals surface area contributed by atoms with Crippen molar-refractivity contribution in [2.24, 2.45) is 5.41 Å². The van der Waals surface area contributed by atoms with Crippen molar-refractivity contribution in [3.8, 4) is 0 Å². The van der Waals surface area contributed by atoms with Crippen LogP contribution in [0.1, 0.15) is 40.5 Å². The predicted octanol–water partition coefficient (Wildman–Crippen LogP) is 1.65. The fourth-order valence-electron chi connectivity index (χ4n) is 1.29. The van der Waals surface area contributed by atoms with E-state index in [1.807, 2.05) is 20.8 Å². The molecule has 0 amide bonds. The molecule has 0 spiro atoms. The second-order valence-electron chi connectivity index (χ2n) is 5.19. The summed E-state index contributed by atoms with van der Waals surface area (Å²) in [6.07, 6.45) is 1.62. The molecule has 0 fully saturated rings. The molecule has 0 N–H and O–H groups in total. The summed E-state index contributed by atoms with van der Waals surface area (Å²) in [4.78, 5) is 19.4. The Morgan fingerprint density at radius 1 is 1.28 bits per heavy atom. The minimum absolute atomic E-state index is 0.208. The number of hydrogen-bond acceptors (Lipinski definition) is 6. The van der Waals surface area contributed by atoms with E-state index in [0.29, 0.717) is 12.8 Å². The summed E-state index contributed by atoms with van der Waals surface area (Å²) in [5, 5.41) is 0. The van der Waals surface area contributed by atoms with Crippen LogP contribution >= 0.6 is 0 Å². The summed E-state index contributed by atoms with van der Waals surface area (Å²) in [6, 6.07) is 0. The highest BCUT2D eigenvalue weighted by atomic mass is 32.2. The van der Waals surface area contributed by atoms with Crippen LogP contribution in [0.15, 0.2) is 0 Å². The van der Waals surface area contributed by atoms with E-state index < -0.39 is 22.2 Å². The van der Waals surface area contributed by atoms with Crippen LogP contribution < -0.4 is 0 Å². The third-order valence-electron chi connectivity index (χ3n) is 2.13. The van der Waals surface area contributed by atoms with E-state index >= 15 is 0 Å². The number of carbonyl (C=O) groups is 1. The molecule has 0 aromatic heterocycles. The first-order valence-electron chi connectivity index (χ1n) is 5.70. The summed E-state index contributed by atoms with van der Waals surface area (Å²) < 4.78 is 27.3. The Hall–Kier alpha value is -0.660. The molecule has 6 nitrogen and oxygen atoms in total. The Morgan fingerprint density at radius 3 is 2.22 bits per heavy atom. The van der Waals surface area contributed by atoms with E-state index in [2.05, 4.69) is 9.78 Å². The molecule has 0 aliphatic carbocycles. The summed E-state index contributed by atoms with van der Waals surface area (Å²) >= 11 is 0. The van der Waals surface area contributed by atoms with Gasteiger partial charge in [-0.1, -0.05) is 20.8 Å². The van der Waals surface area contributed by atoms with Crippen molar-refractivity contribution in [2.45, 2.75) is 46.6 Å². The average molecular weight is 282 g/mol. The van der Waals surface area contributed by atoms with Gasteiger partial charge in [0.25, 0.3) is 10.1 Å². The zero-order valence-electron chi connectivity index (χ0n) is 11.6. The fourth-order valence-corrected chi connectivity index (χ4v) is 2.10. The minimum atomic E-state index is -3.49. The molecule has 0 radical (unpaired) electrons. The van der Waals surface area contributed by atoms with Crippen molar-refractivity contribution in [1.29, 1.82) is 0 Å². The normalized spacial score (nSPS) is 14.3. The Bertz CT molecular complexity index is 354. The maximum absolute atomic E-state index is 11.1. The largest absolute Gasteiger partial charge is 0.339 e. The van der Waals surface area contributed by atoms with E-state index in [9.17, 15) is 13.2 Å². The summed E-state index contributed by atoms with van der Waals surface area (Å²) in [5.74, 6) is -0.519. The van der Waals surface area contributed by atoms with Gasteiger partial charge in [0.15, 0.2) is 0 Å². The van der Waals surface area contributed by atoms with E-state index in [0.717, 1.165) is 6.26 Å². The Balaban J connectivity index is 4.16. The van der Waals surface area contributed by atoms with E-state index in [4.69, 9.17) is 4.18 Å². The summed E-state index contributed by atoms with van der Waals surface area (Å²) in [5.41, 5.74) is -0.301. The highest BCUT2D eigenvalue weighted by Gasteiger charge is 2.28. The standard InChI is InChI=1S/C11H22O6S/c1-9(12)16-15-8-6-7-10(11(2,3)4)17-18(5,13)14/h10H,6-8H2,1-5H3. The summed E-state index contributed by atoms with van der Waals surface area (Å²) in [6.45, 7) is 7.14. The van der Waals surface area contributed by atoms with Gasteiger partial charge in [-0.3, -0.25) is 9.07 Å². The number of rotatable bonds is 7. The third-order valence-corrected chi connectivity index (χ3v) is 2.71. The summed E-state index contributed by atoms with van der Waals surface area (Å²) in [7, 11) is -3.49. The highest BCUT2D eigenvalue weighted by Crippen LogP contribution is 2.27. The van der Waals surface area contributed by atoms with E-state index in [1.54, 1.807) is 0 Å². The van der Waals surface area contributed by atoms with Crippen molar-refractivity contribution in [3.05, 3.63) is 0 Å². The van der Waals surface area contributed by atoms with Crippen molar-refractivity contribution in [2.75, 3.05) is 12.9 Å². The van der Waals surface area contributed by atoms with Crippen molar-refractivity contribution in [3.63, 3.8) is 0 Å². The SMILES string of the molecule is CC(=O)OOCCCC(OS(C)(=O)=O)C(C)(C)C. The van der Waals surface area contributed by atoms with E-state index in [1.165, 1.54) is 6.92 Å². The highest BCUT2D eigenvalue weighted by molar-refractivity contribution is 7.86. The lowest BCUT2D eigenvalue weighted by atomic mass is 9.87. The average Bonchev–Trinajstić information content (AvgIpc) is 2.11. The van der Waals surface area contributed by atoms with Crippen LogP contribution in [0.3, 0.4) is 0 Å². The van der Waals surface area contributed by atoms with E-state index in [-0.39, 0.29) is 12.0 Å². The van der Waals surface area contributed by atoms with Crippen molar-refractivity contribution in [1.82, 2.24) is 0 Å². The molecule has 1 unspecified atom stereocenters. The predicted molar refractivity (Wildman–Crippen MR) is 66.1 cm³/mol. The lowest BCUT2D eigenvalue weighted by molar-refractivity contribution is -0.270. The van der Waals surface area contributed by atoms with Gasteiger partial charge in [-0.05, 0) is 18.3 Å². The van der Waals surface area contributed by atoms with Crippen LogP contribution in [-0.2, 0) is 28.9 Å². The van der Waals surface area contributed by atoms with Gasteiger partial charge in [-0.2, -0.15) is 13.3 Å². The first-order chi connectivity index (χ1) is 8.02. The molecule has 1 atom stereocenters. The second-order valence-corrected chi connectivity index (χ2v) is 6.79. The molecular formula is C11H22O6S. The zero-order valence-corrected chi connectivity index (χ0v) is 12.4. The molecule has 18 heavy (non-hydrogen) atoms. The smallest absolute Gasteiger partial charge is 0.299 e. The lowest BCUT2D eigenvalue weighted by Gasteiger charge is -2.29. The molecule has 7 heteroatoms. The third kappa shape index (κ3) is 9.38. The molecule has 0 saturated heterocycles. The fraction of sp³-hybridized carbons (Fsp3) is 0.909. The lowest BCUT2D eigenvalue weighted by Crippen LogP contribution is -2.31. The quantitative estimate of drug-likeness (QED) is 0.306. The van der Waals surface area contributed by atoms with Gasteiger partial charge < -0.3 is 0 Å². The van der Waals surface area contributed by atoms with Crippen molar-refractivity contribution >= 4 is 16.1 Å². The monoisotopic (exact) mass is 282 g/mol. The van der Waals surface area contributed by atoms with Crippen LogP contribution in [-0.4, -0.2) is 33.4 Å². The molecule has 0 aliphatic rings. The van der Waals surface area contributed by atoms with Gasteiger partial charge in [0, 0.05) is 6.92 Å². The second kappa shape index (κ2) is 7.06. The first-order valence-corrected chi connectivity index (χ1v) is 7.52. The number of hydrogen-bond donors (Lipinski definition) is 0.